The first-order chi connectivity index (χ1) is 14.1. The molecule has 0 atom stereocenters. The Kier molecular flexibility index (Phi) is 5.89. The number of fused-ring (bicyclic) bond motifs is 1. The van der Waals surface area contributed by atoms with E-state index in [0.717, 1.165) is 28.9 Å². The number of carbonyl (C=O) groups excluding carboxylic acids is 1. The lowest BCUT2D eigenvalue weighted by atomic mass is 10.1. The summed E-state index contributed by atoms with van der Waals surface area (Å²) in [6.45, 7) is 2.39. The maximum Gasteiger partial charge on any atom is 0.261 e. The summed E-state index contributed by atoms with van der Waals surface area (Å²) in [6, 6.07) is 9.30. The van der Waals surface area contributed by atoms with Crippen LogP contribution in [0.5, 0.6) is 0 Å². The first kappa shape index (κ1) is 19.6. The summed E-state index contributed by atoms with van der Waals surface area (Å²) in [5, 5.41) is 3.32. The lowest BCUT2D eigenvalue weighted by Gasteiger charge is -2.27. The van der Waals surface area contributed by atoms with Crippen LogP contribution in [0.2, 0.25) is 0 Å². The SMILES string of the molecule is O=C(Cn1cnc2ccc(Br)cc2c1=O)NCc1ccc(N2CCCCC2)nc1. The Bertz CT molecular complexity index is 1070. The van der Waals surface area contributed by atoms with Crippen molar-refractivity contribution in [2.24, 2.45) is 0 Å². The quantitative estimate of drug-likeness (QED) is 0.639. The number of anilines is 1. The van der Waals surface area contributed by atoms with Gasteiger partial charge in [-0.15, -0.1) is 0 Å². The van der Waals surface area contributed by atoms with E-state index in [2.05, 4.69) is 36.1 Å². The summed E-state index contributed by atoms with van der Waals surface area (Å²) in [5.41, 5.74) is 1.29. The van der Waals surface area contributed by atoms with Gasteiger partial charge in [-0.2, -0.15) is 0 Å². The van der Waals surface area contributed by atoms with E-state index in [1.165, 1.54) is 30.2 Å². The Morgan fingerprint density at radius 3 is 2.69 bits per heavy atom. The second-order valence-electron chi connectivity index (χ2n) is 7.19. The molecule has 3 heterocycles. The van der Waals surface area contributed by atoms with Crippen molar-refractivity contribution in [3.8, 4) is 0 Å². The molecule has 1 aromatic carbocycles. The fourth-order valence-electron chi connectivity index (χ4n) is 3.49. The van der Waals surface area contributed by atoms with Gasteiger partial charge < -0.3 is 10.2 Å². The van der Waals surface area contributed by atoms with Crippen molar-refractivity contribution >= 4 is 38.6 Å². The van der Waals surface area contributed by atoms with Gasteiger partial charge in [0.05, 0.1) is 17.2 Å². The molecule has 1 amide bonds. The summed E-state index contributed by atoms with van der Waals surface area (Å²) >= 11 is 3.36. The number of hydrogen-bond acceptors (Lipinski definition) is 5. The van der Waals surface area contributed by atoms with E-state index in [1.54, 1.807) is 18.3 Å². The number of hydrogen-bond donors (Lipinski definition) is 1. The number of rotatable bonds is 5. The molecule has 1 N–H and O–H groups in total. The molecule has 1 fully saturated rings. The zero-order valence-corrected chi connectivity index (χ0v) is 17.6. The van der Waals surface area contributed by atoms with Crippen LogP contribution < -0.4 is 15.8 Å². The highest BCUT2D eigenvalue weighted by Gasteiger charge is 2.12. The molecule has 1 saturated heterocycles. The van der Waals surface area contributed by atoms with Gasteiger partial charge in [0, 0.05) is 30.3 Å². The molecule has 2 aromatic heterocycles. The molecule has 0 aliphatic carbocycles. The largest absolute Gasteiger partial charge is 0.357 e. The number of piperidine rings is 1. The zero-order valence-electron chi connectivity index (χ0n) is 16.0. The number of benzene rings is 1. The molecule has 0 bridgehead atoms. The van der Waals surface area contributed by atoms with Gasteiger partial charge >= 0.3 is 0 Å². The predicted octanol–water partition coefficient (Wildman–Crippen LogP) is 2.86. The van der Waals surface area contributed by atoms with Gasteiger partial charge in [-0.25, -0.2) is 9.97 Å². The van der Waals surface area contributed by atoms with Crippen molar-refractivity contribution in [3.63, 3.8) is 0 Å². The third-order valence-electron chi connectivity index (χ3n) is 5.08. The van der Waals surface area contributed by atoms with E-state index >= 15 is 0 Å². The Morgan fingerprint density at radius 1 is 1.10 bits per heavy atom. The molecular weight excluding hydrogens is 434 g/mol. The van der Waals surface area contributed by atoms with Crippen molar-refractivity contribution in [2.45, 2.75) is 32.4 Å². The molecule has 3 aromatic rings. The molecule has 29 heavy (non-hydrogen) atoms. The number of amides is 1. The van der Waals surface area contributed by atoms with Crippen LogP contribution in [0, 0.1) is 0 Å². The van der Waals surface area contributed by atoms with Crippen molar-refractivity contribution < 1.29 is 4.79 Å². The minimum atomic E-state index is -0.247. The smallest absolute Gasteiger partial charge is 0.261 e. The van der Waals surface area contributed by atoms with E-state index in [4.69, 9.17) is 0 Å². The molecule has 4 rings (SSSR count). The highest BCUT2D eigenvalue weighted by atomic mass is 79.9. The average molecular weight is 456 g/mol. The lowest BCUT2D eigenvalue weighted by Crippen LogP contribution is -2.32. The summed E-state index contributed by atoms with van der Waals surface area (Å²) < 4.78 is 2.12. The summed E-state index contributed by atoms with van der Waals surface area (Å²) in [5.74, 6) is 0.739. The first-order valence-electron chi connectivity index (χ1n) is 9.71. The average Bonchev–Trinajstić information content (AvgIpc) is 2.76. The van der Waals surface area contributed by atoms with Crippen molar-refractivity contribution in [1.29, 1.82) is 0 Å². The molecule has 1 aliphatic heterocycles. The molecule has 0 saturated carbocycles. The molecule has 7 nitrogen and oxygen atoms in total. The number of nitrogens with zero attached hydrogens (tertiary/aromatic N) is 4. The predicted molar refractivity (Wildman–Crippen MR) is 116 cm³/mol. The lowest BCUT2D eigenvalue weighted by molar-refractivity contribution is -0.121. The van der Waals surface area contributed by atoms with Gasteiger partial charge in [0.25, 0.3) is 5.56 Å². The number of aromatic nitrogens is 3. The van der Waals surface area contributed by atoms with E-state index in [1.807, 2.05) is 18.2 Å². The summed E-state index contributed by atoms with van der Waals surface area (Å²) in [6.07, 6.45) is 6.91. The van der Waals surface area contributed by atoms with E-state index in [9.17, 15) is 9.59 Å². The van der Waals surface area contributed by atoms with Gasteiger partial charge in [-0.05, 0) is 49.1 Å². The minimum Gasteiger partial charge on any atom is -0.357 e. The minimum absolute atomic E-state index is 0.0758. The van der Waals surface area contributed by atoms with Crippen molar-refractivity contribution in [3.05, 3.63) is 63.2 Å². The van der Waals surface area contributed by atoms with Gasteiger partial charge in [-0.1, -0.05) is 22.0 Å². The monoisotopic (exact) mass is 455 g/mol. The fraction of sp³-hybridized carbons (Fsp3) is 0.333. The van der Waals surface area contributed by atoms with E-state index in [0.29, 0.717) is 17.4 Å². The van der Waals surface area contributed by atoms with Crippen LogP contribution in [0.15, 0.2) is 52.1 Å². The summed E-state index contributed by atoms with van der Waals surface area (Å²) in [7, 11) is 0. The number of pyridine rings is 1. The van der Waals surface area contributed by atoms with E-state index in [-0.39, 0.29) is 18.0 Å². The van der Waals surface area contributed by atoms with Crippen molar-refractivity contribution in [1.82, 2.24) is 19.9 Å². The van der Waals surface area contributed by atoms with Crippen LogP contribution in [-0.4, -0.2) is 33.5 Å². The fourth-order valence-corrected chi connectivity index (χ4v) is 3.85. The zero-order chi connectivity index (χ0) is 20.2. The number of nitrogens with one attached hydrogen (secondary N) is 1. The van der Waals surface area contributed by atoms with Crippen LogP contribution in [0.3, 0.4) is 0 Å². The maximum absolute atomic E-state index is 12.6. The second-order valence-corrected chi connectivity index (χ2v) is 8.10. The molecule has 0 spiro atoms. The summed E-state index contributed by atoms with van der Waals surface area (Å²) in [4.78, 5) is 36.0. The van der Waals surface area contributed by atoms with Crippen LogP contribution in [-0.2, 0) is 17.9 Å². The van der Waals surface area contributed by atoms with Gasteiger partial charge in [0.2, 0.25) is 5.91 Å². The van der Waals surface area contributed by atoms with Crippen molar-refractivity contribution in [2.75, 3.05) is 18.0 Å². The maximum atomic E-state index is 12.6. The Hall–Kier alpha value is -2.74. The molecule has 0 radical (unpaired) electrons. The highest BCUT2D eigenvalue weighted by Crippen LogP contribution is 2.17. The van der Waals surface area contributed by atoms with E-state index < -0.39 is 0 Å². The normalized spacial score (nSPS) is 14.2. The van der Waals surface area contributed by atoms with Crippen LogP contribution in [0.25, 0.3) is 10.9 Å². The topological polar surface area (TPSA) is 80.1 Å². The van der Waals surface area contributed by atoms with Gasteiger partial charge in [-0.3, -0.25) is 14.2 Å². The van der Waals surface area contributed by atoms with Crippen LogP contribution in [0.1, 0.15) is 24.8 Å². The molecule has 1 aliphatic rings. The molecule has 150 valence electrons. The third kappa shape index (κ3) is 4.64. The van der Waals surface area contributed by atoms with Gasteiger partial charge in [0.1, 0.15) is 12.4 Å². The first-order valence-corrected chi connectivity index (χ1v) is 10.5. The molecule has 8 heteroatoms. The number of halogens is 1. The van der Waals surface area contributed by atoms with Crippen LogP contribution in [0.4, 0.5) is 5.82 Å². The Balaban J connectivity index is 1.37. The second kappa shape index (κ2) is 8.73. The molecular formula is C21H22BrN5O2. The molecule has 0 unspecified atom stereocenters. The van der Waals surface area contributed by atoms with Gasteiger partial charge in [0.15, 0.2) is 0 Å². The Labute approximate surface area is 176 Å². The standard InChI is InChI=1S/C21H22BrN5O2/c22-16-5-6-18-17(10-16)21(29)27(14-25-18)13-20(28)24-12-15-4-7-19(23-11-15)26-8-2-1-3-9-26/h4-7,10-11,14H,1-3,8-9,12-13H2,(H,24,28). The third-order valence-corrected chi connectivity index (χ3v) is 5.57. The Morgan fingerprint density at radius 2 is 1.93 bits per heavy atom. The number of carbonyl (C=O) groups is 1. The van der Waals surface area contributed by atoms with Crippen LogP contribution >= 0.6 is 15.9 Å². The highest BCUT2D eigenvalue weighted by molar-refractivity contribution is 9.10.